The minimum atomic E-state index is -4.06. The van der Waals surface area contributed by atoms with Crippen molar-refractivity contribution >= 4 is 39.2 Å². The molecule has 3 amide bonds. The molecule has 2 aromatic rings. The van der Waals surface area contributed by atoms with Crippen LogP contribution in [0.1, 0.15) is 17.2 Å². The molecule has 1 fully saturated rings. The summed E-state index contributed by atoms with van der Waals surface area (Å²) < 4.78 is 27.4. The van der Waals surface area contributed by atoms with E-state index in [2.05, 4.69) is 5.32 Å². The Morgan fingerprint density at radius 2 is 1.93 bits per heavy atom. The van der Waals surface area contributed by atoms with Crippen molar-refractivity contribution in [1.82, 2.24) is 9.62 Å². The number of halogens is 1. The van der Waals surface area contributed by atoms with E-state index in [1.165, 1.54) is 6.07 Å². The van der Waals surface area contributed by atoms with Crippen molar-refractivity contribution in [3.8, 4) is 0 Å². The number of anilines is 1. The lowest BCUT2D eigenvalue weighted by Crippen LogP contribution is -2.36. The van der Waals surface area contributed by atoms with Gasteiger partial charge in [-0.15, -0.1) is 11.6 Å². The number of carbonyl (C=O) groups excluding carboxylic acids is 2. The van der Waals surface area contributed by atoms with Gasteiger partial charge in [0.2, 0.25) is 5.91 Å². The highest BCUT2D eigenvalue weighted by Gasteiger charge is 2.41. The molecule has 0 aliphatic carbocycles. The van der Waals surface area contributed by atoms with Crippen LogP contribution in [0.5, 0.6) is 0 Å². The molecule has 2 heterocycles. The van der Waals surface area contributed by atoms with Gasteiger partial charge in [0.05, 0.1) is 10.9 Å². The van der Waals surface area contributed by atoms with E-state index in [4.69, 9.17) is 11.6 Å². The zero-order valence-electron chi connectivity index (χ0n) is 14.8. The van der Waals surface area contributed by atoms with Gasteiger partial charge < -0.3 is 10.2 Å². The van der Waals surface area contributed by atoms with Crippen LogP contribution in [-0.2, 0) is 21.2 Å². The summed E-state index contributed by atoms with van der Waals surface area (Å²) in [5.41, 5.74) is 2.15. The SMILES string of the molecule is O=C(CCl)N1CCc2cc(S(=O)(=O)N3C(=O)NCC3c3ccccc3)ccc21. The van der Waals surface area contributed by atoms with Gasteiger partial charge in [-0.05, 0) is 35.7 Å². The number of alkyl halides is 1. The molecule has 2 aliphatic rings. The lowest BCUT2D eigenvalue weighted by Gasteiger charge is -2.23. The van der Waals surface area contributed by atoms with Crippen LogP contribution in [0.15, 0.2) is 53.4 Å². The van der Waals surface area contributed by atoms with Crippen LogP contribution in [0.25, 0.3) is 0 Å². The highest BCUT2D eigenvalue weighted by molar-refractivity contribution is 7.89. The third-order valence-corrected chi connectivity index (χ3v) is 7.05. The minimum Gasteiger partial charge on any atom is -0.335 e. The summed E-state index contributed by atoms with van der Waals surface area (Å²) in [7, 11) is -4.06. The van der Waals surface area contributed by atoms with Gasteiger partial charge in [-0.1, -0.05) is 30.3 Å². The van der Waals surface area contributed by atoms with Gasteiger partial charge in [0.15, 0.2) is 0 Å². The predicted octanol–water partition coefficient (Wildman–Crippen LogP) is 2.27. The van der Waals surface area contributed by atoms with Crippen molar-refractivity contribution in [2.75, 3.05) is 23.9 Å². The standard InChI is InChI=1S/C19H18ClN3O4S/c20-11-18(24)22-9-8-14-10-15(6-7-16(14)22)28(26,27)23-17(12-21-19(23)25)13-4-2-1-3-5-13/h1-7,10,17H,8-9,11-12H2,(H,21,25). The molecule has 0 bridgehead atoms. The Morgan fingerprint density at radius 1 is 1.18 bits per heavy atom. The van der Waals surface area contributed by atoms with Crippen LogP contribution in [0.2, 0.25) is 0 Å². The van der Waals surface area contributed by atoms with E-state index < -0.39 is 22.1 Å². The first-order valence-electron chi connectivity index (χ1n) is 8.80. The summed E-state index contributed by atoms with van der Waals surface area (Å²) in [6, 6.07) is 12.4. The Kier molecular flexibility index (Phi) is 4.76. The molecule has 2 aliphatic heterocycles. The van der Waals surface area contributed by atoms with Crippen molar-refractivity contribution < 1.29 is 18.0 Å². The van der Waals surface area contributed by atoms with Crippen LogP contribution in [-0.4, -0.2) is 43.6 Å². The number of fused-ring (bicyclic) bond motifs is 1. The van der Waals surface area contributed by atoms with Crippen molar-refractivity contribution in [2.45, 2.75) is 17.4 Å². The zero-order chi connectivity index (χ0) is 19.9. The topological polar surface area (TPSA) is 86.8 Å². The highest BCUT2D eigenvalue weighted by Crippen LogP contribution is 2.35. The van der Waals surface area contributed by atoms with E-state index in [1.807, 2.05) is 6.07 Å². The van der Waals surface area contributed by atoms with Gasteiger partial charge in [-0.3, -0.25) is 4.79 Å². The molecule has 9 heteroatoms. The average Bonchev–Trinajstić information content (AvgIpc) is 3.31. The number of rotatable bonds is 4. The number of benzene rings is 2. The fraction of sp³-hybridized carbons (Fsp3) is 0.263. The van der Waals surface area contributed by atoms with E-state index in [1.54, 1.807) is 41.3 Å². The second kappa shape index (κ2) is 7.10. The van der Waals surface area contributed by atoms with Gasteiger partial charge in [-0.25, -0.2) is 17.5 Å². The minimum absolute atomic E-state index is 0.0319. The fourth-order valence-corrected chi connectivity index (χ4v) is 5.39. The number of urea groups is 1. The van der Waals surface area contributed by atoms with Crippen LogP contribution in [0.4, 0.5) is 10.5 Å². The van der Waals surface area contributed by atoms with E-state index in [-0.39, 0.29) is 23.2 Å². The second-order valence-electron chi connectivity index (χ2n) is 6.63. The molecule has 1 atom stereocenters. The first kappa shape index (κ1) is 18.8. The summed E-state index contributed by atoms with van der Waals surface area (Å²) in [4.78, 5) is 25.9. The Balaban J connectivity index is 1.70. The molecule has 0 spiro atoms. The Bertz CT molecular complexity index is 1040. The molecular weight excluding hydrogens is 402 g/mol. The van der Waals surface area contributed by atoms with E-state index in [9.17, 15) is 18.0 Å². The summed E-state index contributed by atoms with van der Waals surface area (Å²) in [6.07, 6.45) is 0.537. The Morgan fingerprint density at radius 3 is 2.64 bits per heavy atom. The normalized spacial score (nSPS) is 18.9. The number of carbonyl (C=O) groups is 2. The first-order chi connectivity index (χ1) is 13.4. The van der Waals surface area contributed by atoms with Crippen LogP contribution >= 0.6 is 11.6 Å². The number of amides is 3. The van der Waals surface area contributed by atoms with Crippen LogP contribution in [0.3, 0.4) is 0 Å². The van der Waals surface area contributed by atoms with Gasteiger partial charge in [0.1, 0.15) is 5.88 Å². The quantitative estimate of drug-likeness (QED) is 0.770. The van der Waals surface area contributed by atoms with Crippen molar-refractivity contribution in [1.29, 1.82) is 0 Å². The number of hydrogen-bond acceptors (Lipinski definition) is 4. The molecule has 0 aromatic heterocycles. The smallest absolute Gasteiger partial charge is 0.332 e. The summed E-state index contributed by atoms with van der Waals surface area (Å²) in [5, 5.41) is 2.62. The summed E-state index contributed by atoms with van der Waals surface area (Å²) in [5.74, 6) is -0.356. The maximum absolute atomic E-state index is 13.3. The summed E-state index contributed by atoms with van der Waals surface area (Å²) in [6.45, 7) is 0.673. The van der Waals surface area contributed by atoms with Gasteiger partial charge in [0, 0.05) is 18.8 Å². The number of nitrogens with zero attached hydrogens (tertiary/aromatic N) is 2. The molecule has 0 saturated carbocycles. The van der Waals surface area contributed by atoms with Crippen molar-refractivity contribution in [3.63, 3.8) is 0 Å². The molecule has 2 aromatic carbocycles. The maximum Gasteiger partial charge on any atom is 0.332 e. The molecule has 7 nitrogen and oxygen atoms in total. The maximum atomic E-state index is 13.3. The highest BCUT2D eigenvalue weighted by atomic mass is 35.5. The molecule has 0 radical (unpaired) electrons. The molecule has 1 unspecified atom stereocenters. The fourth-order valence-electron chi connectivity index (χ4n) is 3.67. The molecule has 1 N–H and O–H groups in total. The lowest BCUT2D eigenvalue weighted by atomic mass is 10.1. The van der Waals surface area contributed by atoms with Gasteiger partial charge in [-0.2, -0.15) is 0 Å². The zero-order valence-corrected chi connectivity index (χ0v) is 16.4. The van der Waals surface area contributed by atoms with Crippen LogP contribution in [0, 0.1) is 0 Å². The average molecular weight is 420 g/mol. The third-order valence-electron chi connectivity index (χ3n) is 5.03. The van der Waals surface area contributed by atoms with Gasteiger partial charge >= 0.3 is 6.03 Å². The number of sulfonamides is 1. The molecular formula is C19H18ClN3O4S. The first-order valence-corrected chi connectivity index (χ1v) is 10.8. The lowest BCUT2D eigenvalue weighted by molar-refractivity contribution is -0.116. The monoisotopic (exact) mass is 419 g/mol. The van der Waals surface area contributed by atoms with Crippen molar-refractivity contribution in [2.24, 2.45) is 0 Å². The summed E-state index contributed by atoms with van der Waals surface area (Å²) >= 11 is 5.64. The van der Waals surface area contributed by atoms with Crippen molar-refractivity contribution in [3.05, 3.63) is 59.7 Å². The number of hydrogen-bond donors (Lipinski definition) is 1. The third kappa shape index (κ3) is 3.02. The van der Waals surface area contributed by atoms with Gasteiger partial charge in [0.25, 0.3) is 10.0 Å². The molecule has 4 rings (SSSR count). The van der Waals surface area contributed by atoms with Crippen LogP contribution < -0.4 is 10.2 Å². The Hall–Kier alpha value is -2.58. The molecule has 146 valence electrons. The largest absolute Gasteiger partial charge is 0.335 e. The van der Waals surface area contributed by atoms with E-state index in [0.29, 0.717) is 18.7 Å². The molecule has 1 saturated heterocycles. The van der Waals surface area contributed by atoms with E-state index in [0.717, 1.165) is 15.4 Å². The number of nitrogens with one attached hydrogen (secondary N) is 1. The van der Waals surface area contributed by atoms with E-state index >= 15 is 0 Å². The molecule has 28 heavy (non-hydrogen) atoms. The predicted molar refractivity (Wildman–Crippen MR) is 105 cm³/mol. The second-order valence-corrected chi connectivity index (χ2v) is 8.72. The Labute approximate surface area is 167 Å².